The van der Waals surface area contributed by atoms with Gasteiger partial charge in [0.2, 0.25) is 5.91 Å². The summed E-state index contributed by atoms with van der Waals surface area (Å²) >= 11 is 0. The second-order valence-electron chi connectivity index (χ2n) is 11.7. The van der Waals surface area contributed by atoms with Crippen molar-refractivity contribution in [2.24, 2.45) is 23.7 Å². The van der Waals surface area contributed by atoms with E-state index in [2.05, 4.69) is 5.32 Å². The summed E-state index contributed by atoms with van der Waals surface area (Å²) in [5.41, 5.74) is -2.01. The third-order valence-corrected chi connectivity index (χ3v) is 8.97. The maximum Gasteiger partial charge on any atom is 0.238 e. The smallest absolute Gasteiger partial charge is 0.238 e. The van der Waals surface area contributed by atoms with Crippen molar-refractivity contribution in [3.8, 4) is 16.9 Å². The fourth-order valence-corrected chi connectivity index (χ4v) is 7.06. The van der Waals surface area contributed by atoms with Gasteiger partial charge in [-0.2, -0.15) is 0 Å². The van der Waals surface area contributed by atoms with Crippen LogP contribution in [0.4, 0.5) is 14.5 Å². The number of aromatic hydroxyl groups is 1. The van der Waals surface area contributed by atoms with Crippen LogP contribution in [-0.2, 0) is 25.6 Å². The van der Waals surface area contributed by atoms with Gasteiger partial charge in [0.05, 0.1) is 17.5 Å². The lowest BCUT2D eigenvalue weighted by atomic mass is 9.52. The zero-order chi connectivity index (χ0) is 31.0. The lowest BCUT2D eigenvalue weighted by Crippen LogP contribution is -2.74. The van der Waals surface area contributed by atoms with Gasteiger partial charge in [0, 0.05) is 38.3 Å². The monoisotopic (exact) mass is 583 g/mol. The average molecular weight is 584 g/mol. The minimum absolute atomic E-state index is 0.0229. The highest BCUT2D eigenvalue weighted by Crippen LogP contribution is 2.53. The van der Waals surface area contributed by atoms with Crippen LogP contribution in [0, 0.1) is 35.3 Å². The molecule has 3 aliphatic rings. The van der Waals surface area contributed by atoms with Gasteiger partial charge in [-0.1, -0.05) is 6.07 Å². The maximum absolute atomic E-state index is 14.1. The summed E-state index contributed by atoms with van der Waals surface area (Å²) in [6, 6.07) is 3.39. The zero-order valence-electron chi connectivity index (χ0n) is 23.7. The molecule has 6 atom stereocenters. The van der Waals surface area contributed by atoms with E-state index in [1.807, 2.05) is 0 Å². The molecule has 2 aromatic rings. The topological polar surface area (TPSA) is 144 Å². The summed E-state index contributed by atoms with van der Waals surface area (Å²) < 4.78 is 27.8. The Morgan fingerprint density at radius 2 is 1.69 bits per heavy atom. The number of phenols is 1. The number of nitrogens with one attached hydrogen (secondary N) is 1. The summed E-state index contributed by atoms with van der Waals surface area (Å²) in [6.45, 7) is 0. The molecule has 3 N–H and O–H groups in total. The van der Waals surface area contributed by atoms with Crippen LogP contribution >= 0.6 is 0 Å². The fourth-order valence-electron chi connectivity index (χ4n) is 7.06. The number of anilines is 1. The largest absolute Gasteiger partial charge is 0.507 e. The van der Waals surface area contributed by atoms with Crippen molar-refractivity contribution in [1.29, 1.82) is 0 Å². The summed E-state index contributed by atoms with van der Waals surface area (Å²) in [5, 5.41) is 25.4. The minimum atomic E-state index is -2.80. The molecule has 3 aliphatic carbocycles. The number of aliphatic hydroxyl groups is 1. The molecule has 2 unspecified atom stereocenters. The molecule has 12 heteroatoms. The second kappa shape index (κ2) is 10.1. The van der Waals surface area contributed by atoms with Crippen molar-refractivity contribution in [2.45, 2.75) is 24.5 Å². The van der Waals surface area contributed by atoms with Crippen LogP contribution in [-0.4, -0.2) is 91.0 Å². The number of phenolic OH excluding ortho intramolecular Hbond substituents is 1. The number of ketones is 4. The average Bonchev–Trinajstić information content (AvgIpc) is 2.92. The predicted octanol–water partition coefficient (Wildman–Crippen LogP) is 1.14. The highest BCUT2D eigenvalue weighted by atomic mass is 19.2. The molecule has 1 amide bonds. The van der Waals surface area contributed by atoms with Crippen molar-refractivity contribution in [3.05, 3.63) is 47.0 Å². The third kappa shape index (κ3) is 3.99. The van der Waals surface area contributed by atoms with Crippen LogP contribution in [0.15, 0.2) is 24.3 Å². The molecule has 2 fully saturated rings. The molecule has 2 aromatic carbocycles. The number of rotatable bonds is 4. The number of halogens is 2. The number of carbonyl (C=O) groups is 5. The number of nitrogens with zero attached hydrogens (tertiary/aromatic N) is 2. The molecule has 0 aromatic heterocycles. The molecule has 10 nitrogen and oxygen atoms in total. The quantitative estimate of drug-likeness (QED) is 0.452. The minimum Gasteiger partial charge on any atom is -0.507 e. The van der Waals surface area contributed by atoms with Crippen LogP contribution in [0.5, 0.6) is 5.75 Å². The molecule has 0 heterocycles. The number of hydrogen-bond acceptors (Lipinski definition) is 9. The Morgan fingerprint density at radius 3 is 2.26 bits per heavy atom. The number of likely N-dealkylation sites (N-methyl/N-ethyl adjacent to an activating group) is 1. The van der Waals surface area contributed by atoms with Crippen molar-refractivity contribution < 1.29 is 43.0 Å². The van der Waals surface area contributed by atoms with Crippen molar-refractivity contribution >= 4 is 34.7 Å². The molecule has 42 heavy (non-hydrogen) atoms. The summed E-state index contributed by atoms with van der Waals surface area (Å²) in [4.78, 5) is 71.0. The normalized spacial score (nSPS) is 28.7. The fraction of sp³-hybridized carbons (Fsp3) is 0.433. The Bertz CT molecular complexity index is 1570. The van der Waals surface area contributed by atoms with Crippen LogP contribution in [0.25, 0.3) is 11.1 Å². The first kappa shape index (κ1) is 29.5. The van der Waals surface area contributed by atoms with E-state index in [1.54, 1.807) is 39.2 Å². The Hall–Kier alpha value is -4.03. The first-order chi connectivity index (χ1) is 19.7. The van der Waals surface area contributed by atoms with E-state index < -0.39 is 81.7 Å². The standard InChI is InChI=1S/C30H31F2N3O7/c1-33-29(41)22-26(38)23(35(4)5)16-9-13-8-15-19(34(2)3)11-14(12-6-7-17(31)18(32)10-12)24(36)21(15)25(37)20(13)27(39)30(16,42)28(22)40/h6-7,10-11,13,16,20,22-23,36,42H,8-9H2,1-5H3,(H,33,41)/t13-,16-,20?,22?,23-,30-/m0/s1. The number of fused-ring (bicyclic) bond motifs is 3. The van der Waals surface area contributed by atoms with Crippen LogP contribution in [0.2, 0.25) is 0 Å². The molecule has 222 valence electrons. The number of Topliss-reactive ketones (excluding diaryl/α,β-unsaturated/α-hetero) is 4. The highest BCUT2D eigenvalue weighted by Gasteiger charge is 2.69. The van der Waals surface area contributed by atoms with Gasteiger partial charge in [-0.05, 0) is 62.2 Å². The first-order valence-corrected chi connectivity index (χ1v) is 13.4. The molecular weight excluding hydrogens is 552 g/mol. The molecule has 5 rings (SSSR count). The van der Waals surface area contributed by atoms with Gasteiger partial charge >= 0.3 is 0 Å². The Kier molecular flexibility index (Phi) is 7.05. The summed E-state index contributed by atoms with van der Waals surface area (Å²) in [5.74, 6) is -13.2. The van der Waals surface area contributed by atoms with Crippen LogP contribution in [0.3, 0.4) is 0 Å². The number of hydrogen-bond donors (Lipinski definition) is 3. The second-order valence-corrected chi connectivity index (χ2v) is 11.7. The molecule has 0 bridgehead atoms. The third-order valence-electron chi connectivity index (χ3n) is 8.97. The van der Waals surface area contributed by atoms with E-state index in [-0.39, 0.29) is 29.5 Å². The SMILES string of the molecule is CNC(=O)C1C(=O)[C@@H](N(C)C)[C@@H]2C[C@@H]3Cc4c(N(C)C)cc(-c5ccc(F)c(F)c5)c(O)c4C(=O)C3C(=O)[C@]2(O)C1=O. The Balaban J connectivity index is 1.69. The van der Waals surface area contributed by atoms with Gasteiger partial charge in [-0.3, -0.25) is 28.9 Å². The number of amides is 1. The zero-order valence-corrected chi connectivity index (χ0v) is 23.7. The van der Waals surface area contributed by atoms with Gasteiger partial charge in [0.15, 0.2) is 46.3 Å². The summed E-state index contributed by atoms with van der Waals surface area (Å²) in [6.07, 6.45) is 0.0298. The molecule has 0 aliphatic heterocycles. The van der Waals surface area contributed by atoms with E-state index in [0.29, 0.717) is 11.3 Å². The van der Waals surface area contributed by atoms with Gasteiger partial charge < -0.3 is 20.4 Å². The lowest BCUT2D eigenvalue weighted by molar-refractivity contribution is -0.181. The van der Waals surface area contributed by atoms with Gasteiger partial charge in [-0.25, -0.2) is 8.78 Å². The predicted molar refractivity (Wildman–Crippen MR) is 146 cm³/mol. The molecule has 0 spiro atoms. The number of benzene rings is 2. The van der Waals surface area contributed by atoms with Gasteiger partial charge in [-0.15, -0.1) is 0 Å². The van der Waals surface area contributed by atoms with Crippen LogP contribution in [0.1, 0.15) is 22.3 Å². The van der Waals surface area contributed by atoms with Gasteiger partial charge in [0.25, 0.3) is 0 Å². The van der Waals surface area contributed by atoms with Crippen molar-refractivity contribution in [2.75, 3.05) is 40.1 Å². The first-order valence-electron chi connectivity index (χ1n) is 13.4. The van der Waals surface area contributed by atoms with E-state index in [1.165, 1.54) is 18.0 Å². The highest BCUT2D eigenvalue weighted by molar-refractivity contribution is 6.32. The maximum atomic E-state index is 14.1. The van der Waals surface area contributed by atoms with E-state index in [0.717, 1.165) is 12.1 Å². The molecular formula is C30H31F2N3O7. The molecule has 0 radical (unpaired) electrons. The Labute approximate surface area is 240 Å². The Morgan fingerprint density at radius 1 is 1.02 bits per heavy atom. The number of carbonyl (C=O) groups excluding carboxylic acids is 5. The molecule has 0 saturated heterocycles. The molecule has 2 saturated carbocycles. The van der Waals surface area contributed by atoms with Crippen molar-refractivity contribution in [3.63, 3.8) is 0 Å². The van der Waals surface area contributed by atoms with Crippen LogP contribution < -0.4 is 10.2 Å². The lowest BCUT2D eigenvalue weighted by Gasteiger charge is -2.52. The van der Waals surface area contributed by atoms with E-state index in [9.17, 15) is 43.0 Å². The van der Waals surface area contributed by atoms with Gasteiger partial charge in [0.1, 0.15) is 5.75 Å². The van der Waals surface area contributed by atoms with Crippen molar-refractivity contribution in [1.82, 2.24) is 10.2 Å². The van der Waals surface area contributed by atoms with E-state index >= 15 is 0 Å². The van der Waals surface area contributed by atoms with E-state index in [4.69, 9.17) is 0 Å². The summed E-state index contributed by atoms with van der Waals surface area (Å²) in [7, 11) is 7.70.